The van der Waals surface area contributed by atoms with E-state index in [1.807, 2.05) is 0 Å². The second-order valence-electron chi connectivity index (χ2n) is 5.82. The maximum atomic E-state index is 13.9. The topological polar surface area (TPSA) is 96.5 Å². The van der Waals surface area contributed by atoms with E-state index in [4.69, 9.17) is 4.74 Å². The molecule has 3 rings (SSSR count). The van der Waals surface area contributed by atoms with Crippen LogP contribution in [0.25, 0.3) is 0 Å². The van der Waals surface area contributed by atoms with Crippen LogP contribution in [0.5, 0.6) is 0 Å². The third kappa shape index (κ3) is 3.54. The Labute approximate surface area is 149 Å². The Morgan fingerprint density at radius 2 is 2.00 bits per heavy atom. The number of Topliss-reactive ketones (excluding diaryl/α,β-unsaturated/α-hetero) is 1. The minimum absolute atomic E-state index is 0.0843. The number of halogens is 1. The normalized spacial score (nSPS) is 18.0. The highest BCUT2D eigenvalue weighted by Crippen LogP contribution is 2.28. The molecule has 2 heterocycles. The zero-order valence-electron chi connectivity index (χ0n) is 13.7. The van der Waals surface area contributed by atoms with Crippen molar-refractivity contribution in [3.05, 3.63) is 54.1 Å². The molecule has 1 aromatic carbocycles. The van der Waals surface area contributed by atoms with Crippen molar-refractivity contribution in [1.29, 1.82) is 0 Å². The average Bonchev–Trinajstić information content (AvgIpc) is 3.31. The van der Waals surface area contributed by atoms with Crippen LogP contribution in [0.3, 0.4) is 0 Å². The van der Waals surface area contributed by atoms with Crippen LogP contribution in [-0.2, 0) is 19.6 Å². The molecular weight excluding hydrogens is 363 g/mol. The van der Waals surface area contributed by atoms with Crippen molar-refractivity contribution in [2.75, 3.05) is 13.2 Å². The third-order valence-corrected chi connectivity index (χ3v) is 6.08. The third-order valence-electron chi connectivity index (χ3n) is 4.14. The highest BCUT2D eigenvalue weighted by atomic mass is 32.2. The molecule has 1 aromatic heterocycles. The summed E-state index contributed by atoms with van der Waals surface area (Å²) < 4.78 is 45.2. The van der Waals surface area contributed by atoms with Gasteiger partial charge in [-0.1, -0.05) is 12.1 Å². The van der Waals surface area contributed by atoms with Crippen molar-refractivity contribution in [1.82, 2.24) is 9.29 Å². The van der Waals surface area contributed by atoms with E-state index in [1.165, 1.54) is 12.1 Å². The molecule has 2 aromatic rings. The second-order valence-corrected chi connectivity index (χ2v) is 7.68. The van der Waals surface area contributed by atoms with Crippen molar-refractivity contribution < 1.29 is 27.1 Å². The number of benzene rings is 1. The van der Waals surface area contributed by atoms with Crippen LogP contribution in [0, 0.1) is 5.82 Å². The number of ketones is 1. The van der Waals surface area contributed by atoms with E-state index in [-0.39, 0.29) is 13.0 Å². The molecular formula is C17H17FN2O5S. The van der Waals surface area contributed by atoms with Gasteiger partial charge in [-0.25, -0.2) is 12.8 Å². The Morgan fingerprint density at radius 3 is 2.69 bits per heavy atom. The summed E-state index contributed by atoms with van der Waals surface area (Å²) in [5, 5.41) is 0. The fourth-order valence-corrected chi connectivity index (χ4v) is 4.57. The molecule has 1 aliphatic rings. The summed E-state index contributed by atoms with van der Waals surface area (Å²) in [6.07, 6.45) is 2.26. The summed E-state index contributed by atoms with van der Waals surface area (Å²) >= 11 is 0. The molecule has 0 spiro atoms. The van der Waals surface area contributed by atoms with E-state index >= 15 is 0 Å². The van der Waals surface area contributed by atoms with Gasteiger partial charge in [0.25, 0.3) is 0 Å². The molecule has 7 nitrogen and oxygen atoms in total. The number of nitrogens with zero attached hydrogens (tertiary/aromatic N) is 1. The SMILES string of the molecule is O=C(COC(=O)[C@@H]1CCCN1S(=O)(=O)c1ccccc1F)c1ccc[nH]1. The number of carbonyl (C=O) groups excluding carboxylic acids is 2. The minimum Gasteiger partial charge on any atom is -0.456 e. The molecule has 26 heavy (non-hydrogen) atoms. The number of rotatable bonds is 6. The molecule has 138 valence electrons. The quantitative estimate of drug-likeness (QED) is 0.608. The van der Waals surface area contributed by atoms with Crippen molar-refractivity contribution in [2.24, 2.45) is 0 Å². The smallest absolute Gasteiger partial charge is 0.324 e. The molecule has 1 fully saturated rings. The van der Waals surface area contributed by atoms with Crippen LogP contribution < -0.4 is 0 Å². The predicted octanol–water partition coefficient (Wildman–Crippen LogP) is 1.73. The number of hydrogen-bond acceptors (Lipinski definition) is 5. The van der Waals surface area contributed by atoms with Gasteiger partial charge in [-0.05, 0) is 37.1 Å². The summed E-state index contributed by atoms with van der Waals surface area (Å²) in [5.41, 5.74) is 0.292. The van der Waals surface area contributed by atoms with Gasteiger partial charge in [0, 0.05) is 12.7 Å². The lowest BCUT2D eigenvalue weighted by Gasteiger charge is -2.22. The fraction of sp³-hybridized carbons (Fsp3) is 0.294. The van der Waals surface area contributed by atoms with Crippen LogP contribution in [-0.4, -0.2) is 48.7 Å². The lowest BCUT2D eigenvalue weighted by atomic mass is 10.2. The van der Waals surface area contributed by atoms with Gasteiger partial charge in [-0.3, -0.25) is 9.59 Å². The molecule has 1 N–H and O–H groups in total. The number of nitrogens with one attached hydrogen (secondary N) is 1. The van der Waals surface area contributed by atoms with Gasteiger partial charge in [0.05, 0.1) is 5.69 Å². The Balaban J connectivity index is 1.72. The van der Waals surface area contributed by atoms with E-state index in [2.05, 4.69) is 4.98 Å². The molecule has 1 aliphatic heterocycles. The molecule has 0 amide bonds. The molecule has 0 bridgehead atoms. The first kappa shape index (κ1) is 18.3. The van der Waals surface area contributed by atoms with Crippen molar-refractivity contribution >= 4 is 21.8 Å². The van der Waals surface area contributed by atoms with Gasteiger partial charge >= 0.3 is 5.97 Å². The molecule has 0 aliphatic carbocycles. The number of carbonyl (C=O) groups is 2. The van der Waals surface area contributed by atoms with E-state index < -0.39 is 45.1 Å². The monoisotopic (exact) mass is 380 g/mol. The number of ether oxygens (including phenoxy) is 1. The molecule has 9 heteroatoms. The standard InChI is InChI=1S/C17H17FN2O5S/c18-12-5-1-2-8-16(12)26(23,24)20-10-4-7-14(20)17(22)25-11-15(21)13-6-3-9-19-13/h1-3,5-6,8-9,14,19H,4,7,10-11H2/t14-/m0/s1. The van der Waals surface area contributed by atoms with E-state index in [0.717, 1.165) is 16.4 Å². The van der Waals surface area contributed by atoms with Crippen molar-refractivity contribution in [3.8, 4) is 0 Å². The second kappa shape index (κ2) is 7.38. The van der Waals surface area contributed by atoms with Gasteiger partial charge < -0.3 is 9.72 Å². The fourth-order valence-electron chi connectivity index (χ4n) is 2.86. The maximum Gasteiger partial charge on any atom is 0.324 e. The first-order valence-electron chi connectivity index (χ1n) is 8.01. The Hall–Kier alpha value is -2.52. The molecule has 1 atom stereocenters. The van der Waals surface area contributed by atoms with Crippen LogP contribution in [0.4, 0.5) is 4.39 Å². The van der Waals surface area contributed by atoms with Crippen LogP contribution in [0.1, 0.15) is 23.3 Å². The molecule has 0 unspecified atom stereocenters. The lowest BCUT2D eigenvalue weighted by molar-refractivity contribution is -0.146. The first-order chi connectivity index (χ1) is 12.4. The molecule has 1 saturated heterocycles. The predicted molar refractivity (Wildman–Crippen MR) is 89.4 cm³/mol. The van der Waals surface area contributed by atoms with Gasteiger partial charge in [-0.2, -0.15) is 4.31 Å². The van der Waals surface area contributed by atoms with Crippen LogP contribution >= 0.6 is 0 Å². The summed E-state index contributed by atoms with van der Waals surface area (Å²) in [4.78, 5) is 26.4. The van der Waals surface area contributed by atoms with Crippen LogP contribution in [0.2, 0.25) is 0 Å². The Kier molecular flexibility index (Phi) is 5.19. The highest BCUT2D eigenvalue weighted by Gasteiger charge is 2.41. The number of H-pyrrole nitrogens is 1. The van der Waals surface area contributed by atoms with Crippen molar-refractivity contribution in [3.63, 3.8) is 0 Å². The van der Waals surface area contributed by atoms with Crippen molar-refractivity contribution in [2.45, 2.75) is 23.8 Å². The summed E-state index contributed by atoms with van der Waals surface area (Å²) in [6.45, 7) is -0.412. The number of sulfonamides is 1. The largest absolute Gasteiger partial charge is 0.456 e. The average molecular weight is 380 g/mol. The van der Waals surface area contributed by atoms with Crippen LogP contribution in [0.15, 0.2) is 47.5 Å². The Bertz CT molecular complexity index is 911. The minimum atomic E-state index is -4.18. The summed E-state index contributed by atoms with van der Waals surface area (Å²) in [7, 11) is -4.18. The van der Waals surface area contributed by atoms with Gasteiger partial charge in [0.1, 0.15) is 16.8 Å². The summed E-state index contributed by atoms with van der Waals surface area (Å²) in [6, 6.07) is 7.10. The van der Waals surface area contributed by atoms with Gasteiger partial charge in [0.15, 0.2) is 6.61 Å². The first-order valence-corrected chi connectivity index (χ1v) is 9.45. The maximum absolute atomic E-state index is 13.9. The van der Waals surface area contributed by atoms with E-state index in [9.17, 15) is 22.4 Å². The molecule has 0 saturated carbocycles. The zero-order valence-corrected chi connectivity index (χ0v) is 14.5. The van der Waals surface area contributed by atoms with Gasteiger partial charge in [-0.15, -0.1) is 0 Å². The highest BCUT2D eigenvalue weighted by molar-refractivity contribution is 7.89. The Morgan fingerprint density at radius 1 is 1.23 bits per heavy atom. The van der Waals surface area contributed by atoms with E-state index in [0.29, 0.717) is 12.1 Å². The number of aromatic nitrogens is 1. The van der Waals surface area contributed by atoms with Gasteiger partial charge in [0.2, 0.25) is 15.8 Å². The number of aromatic amines is 1. The van der Waals surface area contributed by atoms with E-state index in [1.54, 1.807) is 18.3 Å². The number of esters is 1. The summed E-state index contributed by atoms with van der Waals surface area (Å²) in [5.74, 6) is -2.12. The lowest BCUT2D eigenvalue weighted by Crippen LogP contribution is -2.42. The zero-order chi connectivity index (χ0) is 18.7. The number of hydrogen-bond donors (Lipinski definition) is 1. The molecule has 0 radical (unpaired) electrons.